The van der Waals surface area contributed by atoms with E-state index in [2.05, 4.69) is 10.2 Å². The molecule has 1 aliphatic heterocycles. The van der Waals surface area contributed by atoms with Crippen LogP contribution in [0.2, 0.25) is 5.02 Å². The van der Waals surface area contributed by atoms with E-state index < -0.39 is 6.04 Å². The third-order valence-electron chi connectivity index (χ3n) is 5.38. The van der Waals surface area contributed by atoms with Gasteiger partial charge in [-0.1, -0.05) is 23.7 Å². The maximum Gasteiger partial charge on any atom is 0.328 e. The molecule has 0 bridgehead atoms. The fourth-order valence-corrected chi connectivity index (χ4v) is 3.93. The number of ether oxygens (including phenoxy) is 1. The second-order valence-corrected chi connectivity index (χ2v) is 7.63. The summed E-state index contributed by atoms with van der Waals surface area (Å²) in [4.78, 5) is 27.6. The minimum absolute atomic E-state index is 0.101. The normalized spacial score (nSPS) is 16.1. The van der Waals surface area contributed by atoms with Gasteiger partial charge in [-0.05, 0) is 35.9 Å². The van der Waals surface area contributed by atoms with Gasteiger partial charge in [0.05, 0.1) is 24.2 Å². The molecule has 1 saturated heterocycles. The summed E-state index contributed by atoms with van der Waals surface area (Å²) >= 11 is 6.03. The number of aryl methyl sites for hydroxylation is 2. The number of amides is 1. The van der Waals surface area contributed by atoms with Gasteiger partial charge >= 0.3 is 5.69 Å². The van der Waals surface area contributed by atoms with Gasteiger partial charge in [0, 0.05) is 37.9 Å². The van der Waals surface area contributed by atoms with Crippen LogP contribution in [-0.2, 0) is 23.6 Å². The molecule has 4 rings (SSSR count). The number of nitrogens with zero attached hydrogens (tertiary/aromatic N) is 3. The first kappa shape index (κ1) is 19.7. The maximum absolute atomic E-state index is 13.3. The third kappa shape index (κ3) is 3.81. The number of imidazole rings is 1. The number of halogens is 1. The van der Waals surface area contributed by atoms with E-state index >= 15 is 0 Å². The van der Waals surface area contributed by atoms with Crippen LogP contribution in [0, 0.1) is 0 Å². The number of hydrogen-bond acceptors (Lipinski definition) is 4. The zero-order valence-corrected chi connectivity index (χ0v) is 17.1. The molecule has 0 aliphatic carbocycles. The number of carbonyl (C=O) groups is 1. The van der Waals surface area contributed by atoms with Gasteiger partial charge in [0.2, 0.25) is 5.91 Å². The number of benzene rings is 2. The molecule has 1 amide bonds. The van der Waals surface area contributed by atoms with Gasteiger partial charge in [0.1, 0.15) is 6.04 Å². The summed E-state index contributed by atoms with van der Waals surface area (Å²) < 4.78 is 8.61. The molecule has 29 heavy (non-hydrogen) atoms. The van der Waals surface area contributed by atoms with Gasteiger partial charge in [-0.15, -0.1) is 0 Å². The molecule has 0 spiro atoms. The van der Waals surface area contributed by atoms with Crippen molar-refractivity contribution < 1.29 is 9.53 Å². The third-order valence-corrected chi connectivity index (χ3v) is 5.64. The van der Waals surface area contributed by atoms with Crippen LogP contribution in [0.15, 0.2) is 47.3 Å². The van der Waals surface area contributed by atoms with Gasteiger partial charge < -0.3 is 10.1 Å². The first-order valence-electron chi connectivity index (χ1n) is 9.49. The van der Waals surface area contributed by atoms with Gasteiger partial charge in [-0.25, -0.2) is 4.79 Å². The Balaban J connectivity index is 1.65. The number of morpholine rings is 1. The van der Waals surface area contributed by atoms with Crippen molar-refractivity contribution in [3.63, 3.8) is 0 Å². The van der Waals surface area contributed by atoms with Crippen molar-refractivity contribution in [1.82, 2.24) is 14.0 Å². The standard InChI is InChI=1S/C21H23ClN4O3/c1-24-17-8-7-16(13-18(17)25(2)21(24)28)23-20(27)19(26-9-11-29-12-10-26)14-3-5-15(22)6-4-14/h3-8,13,19H,9-12H2,1-2H3,(H,23,27)/t19-/m0/s1. The Labute approximate surface area is 173 Å². The molecule has 1 atom stereocenters. The van der Waals surface area contributed by atoms with Crippen molar-refractivity contribution in [3.05, 3.63) is 63.5 Å². The van der Waals surface area contributed by atoms with E-state index in [0.717, 1.165) is 16.6 Å². The number of rotatable bonds is 4. The first-order chi connectivity index (χ1) is 14.0. The monoisotopic (exact) mass is 414 g/mol. The SMILES string of the molecule is Cn1c(=O)n(C)c2cc(NC(=O)[C@H](c3ccc(Cl)cc3)N3CCOCC3)ccc21. The quantitative estimate of drug-likeness (QED) is 0.712. The molecule has 3 aromatic rings. The second-order valence-electron chi connectivity index (χ2n) is 7.20. The number of nitrogens with one attached hydrogen (secondary N) is 1. The molecule has 152 valence electrons. The predicted molar refractivity (Wildman–Crippen MR) is 113 cm³/mol. The number of fused-ring (bicyclic) bond motifs is 1. The molecule has 8 heteroatoms. The van der Waals surface area contributed by atoms with E-state index in [-0.39, 0.29) is 11.6 Å². The fraction of sp³-hybridized carbons (Fsp3) is 0.333. The number of hydrogen-bond donors (Lipinski definition) is 1. The largest absolute Gasteiger partial charge is 0.379 e. The number of carbonyl (C=O) groups excluding carboxylic acids is 1. The minimum atomic E-state index is -0.452. The van der Waals surface area contributed by atoms with Crippen LogP contribution in [0.4, 0.5) is 5.69 Å². The lowest BCUT2D eigenvalue weighted by atomic mass is 10.0. The minimum Gasteiger partial charge on any atom is -0.379 e. The fourth-order valence-electron chi connectivity index (χ4n) is 3.80. The lowest BCUT2D eigenvalue weighted by molar-refractivity contribution is -0.123. The average Bonchev–Trinajstić information content (AvgIpc) is 2.94. The van der Waals surface area contributed by atoms with Crippen LogP contribution < -0.4 is 11.0 Å². The van der Waals surface area contributed by atoms with E-state index in [1.165, 1.54) is 0 Å². The maximum atomic E-state index is 13.3. The summed E-state index contributed by atoms with van der Waals surface area (Å²) in [5.74, 6) is -0.130. The zero-order chi connectivity index (χ0) is 20.5. The molecule has 2 heterocycles. The van der Waals surface area contributed by atoms with Crippen LogP contribution in [-0.4, -0.2) is 46.2 Å². The summed E-state index contributed by atoms with van der Waals surface area (Å²) in [6.07, 6.45) is 0. The Kier molecular flexibility index (Phi) is 5.45. The molecule has 0 unspecified atom stereocenters. The Hall–Kier alpha value is -2.61. The highest BCUT2D eigenvalue weighted by Crippen LogP contribution is 2.26. The van der Waals surface area contributed by atoms with E-state index in [0.29, 0.717) is 37.0 Å². The summed E-state index contributed by atoms with van der Waals surface area (Å²) in [7, 11) is 3.46. The lowest BCUT2D eigenvalue weighted by Crippen LogP contribution is -2.43. The molecule has 1 aliphatic rings. The van der Waals surface area contributed by atoms with Gasteiger partial charge in [-0.2, -0.15) is 0 Å². The lowest BCUT2D eigenvalue weighted by Gasteiger charge is -2.33. The molecule has 1 N–H and O–H groups in total. The van der Waals surface area contributed by atoms with E-state index in [4.69, 9.17) is 16.3 Å². The molecule has 1 fully saturated rings. The summed E-state index contributed by atoms with van der Waals surface area (Å²) in [6, 6.07) is 12.4. The van der Waals surface area contributed by atoms with Gasteiger partial charge in [0.25, 0.3) is 0 Å². The Morgan fingerprint density at radius 1 is 1.03 bits per heavy atom. The van der Waals surface area contributed by atoms with Gasteiger partial charge in [0.15, 0.2) is 0 Å². The van der Waals surface area contributed by atoms with Crippen LogP contribution in [0.5, 0.6) is 0 Å². The topological polar surface area (TPSA) is 68.5 Å². The van der Waals surface area contributed by atoms with E-state index in [1.807, 2.05) is 30.3 Å². The van der Waals surface area contributed by atoms with Crippen LogP contribution in [0.3, 0.4) is 0 Å². The molecule has 0 radical (unpaired) electrons. The predicted octanol–water partition coefficient (Wildman–Crippen LogP) is 2.54. The van der Waals surface area contributed by atoms with Crippen molar-refractivity contribution in [2.45, 2.75) is 6.04 Å². The number of aromatic nitrogens is 2. The van der Waals surface area contributed by atoms with E-state index in [1.54, 1.807) is 35.4 Å². The van der Waals surface area contributed by atoms with Crippen LogP contribution in [0.25, 0.3) is 11.0 Å². The highest BCUT2D eigenvalue weighted by molar-refractivity contribution is 6.30. The van der Waals surface area contributed by atoms with Crippen molar-refractivity contribution in [2.75, 3.05) is 31.6 Å². The second kappa shape index (κ2) is 8.02. The molecular weight excluding hydrogens is 392 g/mol. The summed E-state index contributed by atoms with van der Waals surface area (Å²) in [6.45, 7) is 2.53. The summed E-state index contributed by atoms with van der Waals surface area (Å²) in [5, 5.41) is 3.65. The first-order valence-corrected chi connectivity index (χ1v) is 9.87. The molecule has 0 saturated carbocycles. The molecule has 2 aromatic carbocycles. The van der Waals surface area contributed by atoms with Crippen molar-refractivity contribution in [3.8, 4) is 0 Å². The molecular formula is C21H23ClN4O3. The average molecular weight is 415 g/mol. The van der Waals surface area contributed by atoms with E-state index in [9.17, 15) is 9.59 Å². The highest BCUT2D eigenvalue weighted by atomic mass is 35.5. The molecule has 1 aromatic heterocycles. The van der Waals surface area contributed by atoms with Crippen molar-refractivity contribution in [2.24, 2.45) is 14.1 Å². The van der Waals surface area contributed by atoms with Crippen molar-refractivity contribution >= 4 is 34.2 Å². The highest BCUT2D eigenvalue weighted by Gasteiger charge is 2.29. The summed E-state index contributed by atoms with van der Waals surface area (Å²) in [5.41, 5.74) is 3.01. The zero-order valence-electron chi connectivity index (χ0n) is 16.4. The van der Waals surface area contributed by atoms with Crippen LogP contribution >= 0.6 is 11.6 Å². The van der Waals surface area contributed by atoms with Crippen molar-refractivity contribution in [1.29, 1.82) is 0 Å². The molecule has 7 nitrogen and oxygen atoms in total. The Bertz CT molecular complexity index is 1100. The number of anilines is 1. The smallest absolute Gasteiger partial charge is 0.328 e. The Morgan fingerprint density at radius 2 is 1.69 bits per heavy atom. The van der Waals surface area contributed by atoms with Crippen LogP contribution in [0.1, 0.15) is 11.6 Å². The van der Waals surface area contributed by atoms with Gasteiger partial charge in [-0.3, -0.25) is 18.8 Å². The Morgan fingerprint density at radius 3 is 2.38 bits per heavy atom.